The highest BCUT2D eigenvalue weighted by atomic mass is 16.4. The first-order valence-electron chi connectivity index (χ1n) is 3.62. The van der Waals surface area contributed by atoms with Gasteiger partial charge in [-0.1, -0.05) is 0 Å². The fourth-order valence-electron chi connectivity index (χ4n) is 0.402. The Bertz CT molecular complexity index is 186. The van der Waals surface area contributed by atoms with E-state index in [1.54, 1.807) is 0 Å². The van der Waals surface area contributed by atoms with Crippen LogP contribution in [0.4, 0.5) is 0 Å². The number of carbonyl (C=O) groups excluding carboxylic acids is 1. The van der Waals surface area contributed by atoms with E-state index < -0.39 is 17.9 Å². The Labute approximate surface area is 60.9 Å². The second-order valence-electron chi connectivity index (χ2n) is 1.86. The molecule has 5 N–H and O–H groups in total. The molecule has 0 aliphatic heterocycles. The van der Waals surface area contributed by atoms with Gasteiger partial charge in [0.2, 0.25) is 5.91 Å². The highest BCUT2D eigenvalue weighted by Crippen LogP contribution is 1.92. The number of amides is 1. The van der Waals surface area contributed by atoms with E-state index in [9.17, 15) is 9.59 Å². The summed E-state index contributed by atoms with van der Waals surface area (Å²) in [6, 6.07) is -1.29. The van der Waals surface area contributed by atoms with Gasteiger partial charge in [0, 0.05) is 6.42 Å². The Morgan fingerprint density at radius 3 is 2.60 bits per heavy atom. The molecule has 58 valence electrons. The van der Waals surface area contributed by atoms with Crippen molar-refractivity contribution in [3.63, 3.8) is 0 Å². The largest absolute Gasteiger partial charge is 0.480 e. The zero-order chi connectivity index (χ0) is 9.72. The van der Waals surface area contributed by atoms with Crippen LogP contribution < -0.4 is 11.5 Å². The standard InChI is InChI=1S/C5H10N2O3/c6-3(5(9)10)1-2-4(7)8/h3H,1-2,6H2,(H2,7,8)(H,9,10)/t3-/m1/s1/i/hD2. The lowest BCUT2D eigenvalue weighted by Gasteiger charge is -2.01. The summed E-state index contributed by atoms with van der Waals surface area (Å²) in [5.74, 6) is -1.94. The third-order valence-corrected chi connectivity index (χ3v) is 0.949. The molecule has 0 bridgehead atoms. The van der Waals surface area contributed by atoms with Crippen LogP contribution in [-0.4, -0.2) is 23.0 Å². The van der Waals surface area contributed by atoms with E-state index in [1.165, 1.54) is 0 Å². The third kappa shape index (κ3) is 3.85. The summed E-state index contributed by atoms with van der Waals surface area (Å²) < 4.78 is 13.4. The number of carbonyl (C=O) groups is 2. The fraction of sp³-hybridized carbons (Fsp3) is 0.600. The highest BCUT2D eigenvalue weighted by molar-refractivity contribution is 5.76. The van der Waals surface area contributed by atoms with Gasteiger partial charge in [-0.15, -0.1) is 0 Å². The number of aliphatic carboxylic acids is 1. The van der Waals surface area contributed by atoms with Gasteiger partial charge in [0.25, 0.3) is 0 Å². The lowest BCUT2D eigenvalue weighted by Crippen LogP contribution is -2.31. The Kier molecular flexibility index (Phi) is 2.17. The zero-order valence-electron chi connectivity index (χ0n) is 7.28. The molecule has 0 radical (unpaired) electrons. The Balaban J connectivity index is 3.97. The van der Waals surface area contributed by atoms with Crippen molar-refractivity contribution in [2.75, 3.05) is 0 Å². The molecule has 0 rings (SSSR count). The third-order valence-electron chi connectivity index (χ3n) is 0.949. The van der Waals surface area contributed by atoms with Crippen molar-refractivity contribution in [2.24, 2.45) is 11.5 Å². The van der Waals surface area contributed by atoms with Gasteiger partial charge in [-0.3, -0.25) is 9.59 Å². The van der Waals surface area contributed by atoms with E-state index in [1.807, 2.05) is 0 Å². The molecule has 5 nitrogen and oxygen atoms in total. The predicted molar refractivity (Wildman–Crippen MR) is 34.0 cm³/mol. The quantitative estimate of drug-likeness (QED) is 0.448. The Morgan fingerprint density at radius 2 is 2.30 bits per heavy atom. The zero-order valence-corrected chi connectivity index (χ0v) is 5.28. The molecule has 0 saturated heterocycles. The van der Waals surface area contributed by atoms with Crippen molar-refractivity contribution >= 4 is 11.9 Å². The van der Waals surface area contributed by atoms with E-state index >= 15 is 0 Å². The van der Waals surface area contributed by atoms with Gasteiger partial charge in [-0.2, -0.15) is 0 Å². The van der Waals surface area contributed by atoms with Gasteiger partial charge in [0.05, 0.1) is 0 Å². The first kappa shape index (κ1) is 5.67. The maximum atomic E-state index is 10.3. The van der Waals surface area contributed by atoms with Crippen LogP contribution in [0, 0.1) is 0 Å². The number of primary amides is 1. The van der Waals surface area contributed by atoms with Crippen LogP contribution in [0.2, 0.25) is 2.82 Å². The molecule has 1 atom stereocenters. The molecule has 0 spiro atoms. The molecule has 0 saturated carbocycles. The molecule has 0 aromatic carbocycles. The van der Waals surface area contributed by atoms with Gasteiger partial charge in [0.1, 0.15) is 8.87 Å². The molecule has 0 aromatic heterocycles. The molecule has 0 aromatic rings. The van der Waals surface area contributed by atoms with Gasteiger partial charge >= 0.3 is 5.97 Å². The molecule has 1 amide bonds. The van der Waals surface area contributed by atoms with E-state index in [0.29, 0.717) is 0 Å². The summed E-state index contributed by atoms with van der Waals surface area (Å²) in [5.41, 5.74) is 4.82. The van der Waals surface area contributed by atoms with Crippen LogP contribution in [0.15, 0.2) is 0 Å². The van der Waals surface area contributed by atoms with Crippen LogP contribution in [0.3, 0.4) is 0 Å². The van der Waals surface area contributed by atoms with Gasteiger partial charge in [0.15, 0.2) is 0 Å². The average Bonchev–Trinajstić information content (AvgIpc) is 1.84. The summed E-state index contributed by atoms with van der Waals surface area (Å²) in [7, 11) is 0. The lowest BCUT2D eigenvalue weighted by molar-refractivity contribution is -0.138. The minimum Gasteiger partial charge on any atom is -0.480 e. The van der Waals surface area contributed by atoms with Crippen molar-refractivity contribution in [3.8, 4) is 0 Å². The van der Waals surface area contributed by atoms with E-state index in [-0.39, 0.29) is 18.6 Å². The first-order valence-corrected chi connectivity index (χ1v) is 2.73. The average molecular weight is 148 g/mol. The number of hydrogen-bond donors (Lipinski definition) is 3. The summed E-state index contributed by atoms with van der Waals surface area (Å²) in [4.78, 5) is 20.6. The van der Waals surface area contributed by atoms with Crippen LogP contribution in [0.1, 0.15) is 12.8 Å². The van der Waals surface area contributed by atoms with Crippen molar-refractivity contribution in [3.05, 3.63) is 0 Å². The summed E-state index contributed by atoms with van der Waals surface area (Å²) in [6.45, 7) is 0. The molecule has 0 unspecified atom stereocenters. The second kappa shape index (κ2) is 3.84. The molecule has 0 fully saturated rings. The van der Waals surface area contributed by atoms with Crippen molar-refractivity contribution in [1.29, 1.82) is 0 Å². The molecule has 5 heteroatoms. The van der Waals surface area contributed by atoms with Gasteiger partial charge in [-0.05, 0) is 6.42 Å². The van der Waals surface area contributed by atoms with Crippen LogP contribution >= 0.6 is 0 Å². The Hall–Kier alpha value is -1.10. The van der Waals surface area contributed by atoms with E-state index in [4.69, 9.17) is 13.7 Å². The molecule has 0 aliphatic rings. The smallest absolute Gasteiger partial charge is 0.320 e. The number of carboxylic acid groups (broad SMARTS) is 1. The molecular formula is C5H10N2O3. The SMILES string of the molecule is [2H]N([2H])[C@H](CCC(N)=O)C(=O)O. The van der Waals surface area contributed by atoms with Crippen molar-refractivity contribution in [1.82, 2.24) is 0 Å². The summed E-state index contributed by atoms with van der Waals surface area (Å²) >= 11 is 0. The minimum absolute atomic E-state index is 0.0469. The normalized spacial score (nSPS) is 15.7. The van der Waals surface area contributed by atoms with Crippen LogP contribution in [-0.2, 0) is 9.59 Å². The van der Waals surface area contributed by atoms with Gasteiger partial charge < -0.3 is 16.6 Å². The number of rotatable bonds is 5. The molecule has 10 heavy (non-hydrogen) atoms. The number of carboxylic acids is 1. The molecular weight excluding hydrogens is 136 g/mol. The molecule has 0 heterocycles. The monoisotopic (exact) mass is 148 g/mol. The molecule has 0 aliphatic carbocycles. The van der Waals surface area contributed by atoms with Crippen molar-refractivity contribution in [2.45, 2.75) is 18.9 Å². The first-order chi connectivity index (χ1) is 5.45. The predicted octanol–water partition coefficient (Wildman–Crippen LogP) is -1.34. The van der Waals surface area contributed by atoms with Crippen molar-refractivity contribution < 1.29 is 17.5 Å². The highest BCUT2D eigenvalue weighted by Gasteiger charge is 2.11. The van der Waals surface area contributed by atoms with Crippen LogP contribution in [0.25, 0.3) is 0 Å². The minimum atomic E-state index is -1.30. The summed E-state index contributed by atoms with van der Waals surface area (Å²) in [6.07, 6.45) is -0.247. The Morgan fingerprint density at radius 1 is 1.70 bits per heavy atom. The maximum Gasteiger partial charge on any atom is 0.320 e. The fourth-order valence-corrected chi connectivity index (χ4v) is 0.402. The maximum absolute atomic E-state index is 10.3. The van der Waals surface area contributed by atoms with Gasteiger partial charge in [-0.25, -0.2) is 0 Å². The number of hydrogen-bond acceptors (Lipinski definition) is 3. The number of nitrogens with two attached hydrogens (primary N) is 2. The van der Waals surface area contributed by atoms with E-state index in [2.05, 4.69) is 0 Å². The van der Waals surface area contributed by atoms with E-state index in [0.717, 1.165) is 0 Å². The topological polar surface area (TPSA) is 106 Å². The second-order valence-corrected chi connectivity index (χ2v) is 1.86. The lowest BCUT2D eigenvalue weighted by atomic mass is 10.2. The van der Waals surface area contributed by atoms with Crippen LogP contribution in [0.5, 0.6) is 0 Å². The summed E-state index contributed by atoms with van der Waals surface area (Å²) in [5, 5.41) is 8.42.